The molecule has 1 N–H and O–H groups in total. The molecule has 0 rings (SSSR count). The number of hydrogen-bond acceptors (Lipinski definition) is 3. The van der Waals surface area contributed by atoms with Crippen LogP contribution in [0.2, 0.25) is 0 Å². The molecule has 0 spiro atoms. The van der Waals surface area contributed by atoms with Crippen LogP contribution in [0.25, 0.3) is 0 Å². The predicted octanol–water partition coefficient (Wildman–Crippen LogP) is 1.06. The fraction of sp³-hybridized carbons (Fsp3) is 0.625. The van der Waals surface area contributed by atoms with Gasteiger partial charge in [-0.25, -0.2) is 4.79 Å². The van der Waals surface area contributed by atoms with Crippen LogP contribution in [0, 0.1) is 0 Å². The Balaban J connectivity index is 3.30. The van der Waals surface area contributed by atoms with Crippen LogP contribution in [0.3, 0.4) is 0 Å². The summed E-state index contributed by atoms with van der Waals surface area (Å²) in [5, 5.41) is 2.71. The summed E-state index contributed by atoms with van der Waals surface area (Å²) in [6.45, 7) is 2.57. The summed E-state index contributed by atoms with van der Waals surface area (Å²) in [4.78, 5) is 10.7. The Labute approximate surface area is 67.4 Å². The second kappa shape index (κ2) is 7.12. The van der Waals surface area contributed by atoms with E-state index in [2.05, 4.69) is 12.2 Å². The van der Waals surface area contributed by atoms with Gasteiger partial charge in [0, 0.05) is 19.3 Å². The Hall–Kier alpha value is -0.990. The first kappa shape index (κ1) is 10.0. The lowest BCUT2D eigenvalue weighted by atomic mass is 10.4. The Morgan fingerprint density at radius 3 is 2.91 bits per heavy atom. The molecule has 0 aliphatic carbocycles. The zero-order valence-electron chi connectivity index (χ0n) is 7.09. The van der Waals surface area contributed by atoms with Crippen LogP contribution in [-0.4, -0.2) is 19.6 Å². The largest absolute Gasteiger partial charge is 0.462 e. The molecular weight excluding hydrogens is 142 g/mol. The van der Waals surface area contributed by atoms with E-state index in [0.717, 1.165) is 12.8 Å². The molecule has 11 heavy (non-hydrogen) atoms. The number of hydrogen-bond donors (Lipinski definition) is 1. The summed E-state index contributed by atoms with van der Waals surface area (Å²) in [5.74, 6) is -0.284. The number of carbonyl (C=O) groups is 1. The molecule has 3 nitrogen and oxygen atoms in total. The predicted molar refractivity (Wildman–Crippen MR) is 44.1 cm³/mol. The monoisotopic (exact) mass is 157 g/mol. The molecule has 0 bridgehead atoms. The molecule has 0 atom stereocenters. The number of esters is 1. The van der Waals surface area contributed by atoms with Gasteiger partial charge in [0.05, 0.1) is 6.61 Å². The first-order chi connectivity index (χ1) is 5.31. The van der Waals surface area contributed by atoms with Crippen LogP contribution in [-0.2, 0) is 9.53 Å². The van der Waals surface area contributed by atoms with E-state index < -0.39 is 0 Å². The molecule has 0 aromatic heterocycles. The van der Waals surface area contributed by atoms with Crippen LogP contribution < -0.4 is 5.32 Å². The average Bonchev–Trinajstić information content (AvgIpc) is 2.01. The van der Waals surface area contributed by atoms with Crippen molar-refractivity contribution in [3.8, 4) is 0 Å². The fourth-order valence-corrected chi connectivity index (χ4v) is 0.517. The third-order valence-corrected chi connectivity index (χ3v) is 1.13. The lowest BCUT2D eigenvalue weighted by molar-refractivity contribution is -0.137. The van der Waals surface area contributed by atoms with Gasteiger partial charge in [-0.2, -0.15) is 0 Å². The summed E-state index contributed by atoms with van der Waals surface area (Å²) < 4.78 is 4.82. The van der Waals surface area contributed by atoms with E-state index >= 15 is 0 Å². The molecule has 3 heteroatoms. The first-order valence-corrected chi connectivity index (χ1v) is 3.81. The molecule has 0 saturated heterocycles. The maximum atomic E-state index is 10.7. The highest BCUT2D eigenvalue weighted by Crippen LogP contribution is 1.88. The van der Waals surface area contributed by atoms with Gasteiger partial charge in [0.15, 0.2) is 0 Å². The second-order valence-corrected chi connectivity index (χ2v) is 2.14. The first-order valence-electron chi connectivity index (χ1n) is 3.81. The number of nitrogens with one attached hydrogen (secondary N) is 1. The van der Waals surface area contributed by atoms with E-state index in [1.54, 1.807) is 13.2 Å². The van der Waals surface area contributed by atoms with Gasteiger partial charge in [0.1, 0.15) is 0 Å². The summed E-state index contributed by atoms with van der Waals surface area (Å²) in [5.41, 5.74) is 0. The van der Waals surface area contributed by atoms with Crippen LogP contribution in [0.5, 0.6) is 0 Å². The molecule has 0 aromatic rings. The van der Waals surface area contributed by atoms with Crippen LogP contribution in [0.1, 0.15) is 19.8 Å². The minimum Gasteiger partial charge on any atom is -0.462 e. The molecule has 0 fully saturated rings. The standard InChI is InChI=1S/C8H15NO2/c1-3-4-7-11-8(10)5-6-9-2/h5-6,9H,3-4,7H2,1-2H3. The van der Waals surface area contributed by atoms with Crippen LogP contribution in [0.4, 0.5) is 0 Å². The zero-order chi connectivity index (χ0) is 8.53. The Morgan fingerprint density at radius 1 is 1.64 bits per heavy atom. The van der Waals surface area contributed by atoms with Gasteiger partial charge in [-0.05, 0) is 6.42 Å². The van der Waals surface area contributed by atoms with Crippen molar-refractivity contribution in [3.63, 3.8) is 0 Å². The summed E-state index contributed by atoms with van der Waals surface area (Å²) in [7, 11) is 1.73. The minimum absolute atomic E-state index is 0.284. The fourth-order valence-electron chi connectivity index (χ4n) is 0.517. The van der Waals surface area contributed by atoms with E-state index in [1.807, 2.05) is 0 Å². The van der Waals surface area contributed by atoms with Crippen LogP contribution >= 0.6 is 0 Å². The maximum Gasteiger partial charge on any atom is 0.332 e. The summed E-state index contributed by atoms with van der Waals surface area (Å²) >= 11 is 0. The van der Waals surface area contributed by atoms with Gasteiger partial charge < -0.3 is 10.1 Å². The van der Waals surface area contributed by atoms with E-state index in [0.29, 0.717) is 6.61 Å². The molecule has 64 valence electrons. The quantitative estimate of drug-likeness (QED) is 0.368. The summed E-state index contributed by atoms with van der Waals surface area (Å²) in [6, 6.07) is 0. The molecule has 0 aliphatic heterocycles. The number of rotatable bonds is 5. The van der Waals surface area contributed by atoms with Gasteiger partial charge in [0.2, 0.25) is 0 Å². The third kappa shape index (κ3) is 6.90. The lowest BCUT2D eigenvalue weighted by Crippen LogP contribution is -2.03. The van der Waals surface area contributed by atoms with E-state index in [9.17, 15) is 4.79 Å². The highest BCUT2D eigenvalue weighted by atomic mass is 16.5. The summed E-state index contributed by atoms with van der Waals surface area (Å²) in [6.07, 6.45) is 4.89. The number of carbonyl (C=O) groups excluding carboxylic acids is 1. The normalized spacial score (nSPS) is 10.0. The van der Waals surface area contributed by atoms with E-state index in [4.69, 9.17) is 4.74 Å². The smallest absolute Gasteiger partial charge is 0.332 e. The Morgan fingerprint density at radius 2 is 2.36 bits per heavy atom. The van der Waals surface area contributed by atoms with Crippen molar-refractivity contribution in [2.24, 2.45) is 0 Å². The van der Waals surface area contributed by atoms with Gasteiger partial charge in [-0.3, -0.25) is 0 Å². The van der Waals surface area contributed by atoms with E-state index in [-0.39, 0.29) is 5.97 Å². The van der Waals surface area contributed by atoms with Crippen molar-refractivity contribution >= 4 is 5.97 Å². The van der Waals surface area contributed by atoms with Crippen molar-refractivity contribution in [1.29, 1.82) is 0 Å². The van der Waals surface area contributed by atoms with Crippen molar-refractivity contribution in [1.82, 2.24) is 5.32 Å². The third-order valence-electron chi connectivity index (χ3n) is 1.13. The van der Waals surface area contributed by atoms with Gasteiger partial charge in [-0.15, -0.1) is 0 Å². The van der Waals surface area contributed by atoms with E-state index in [1.165, 1.54) is 6.08 Å². The highest BCUT2D eigenvalue weighted by molar-refractivity contribution is 5.81. The van der Waals surface area contributed by atoms with Crippen LogP contribution in [0.15, 0.2) is 12.3 Å². The minimum atomic E-state index is -0.284. The number of unbranched alkanes of at least 4 members (excludes halogenated alkanes) is 1. The average molecular weight is 157 g/mol. The molecule has 0 aliphatic rings. The van der Waals surface area contributed by atoms with Gasteiger partial charge >= 0.3 is 5.97 Å². The Kier molecular flexibility index (Phi) is 6.48. The molecule has 0 amide bonds. The molecule has 0 unspecified atom stereocenters. The van der Waals surface area contributed by atoms with Gasteiger partial charge in [0.25, 0.3) is 0 Å². The molecule has 0 saturated carbocycles. The SMILES string of the molecule is CCCCOC(=O)C=CNC. The topological polar surface area (TPSA) is 38.3 Å². The second-order valence-electron chi connectivity index (χ2n) is 2.14. The Bertz CT molecular complexity index is 132. The van der Waals surface area contributed by atoms with Crippen molar-refractivity contribution in [2.75, 3.05) is 13.7 Å². The molecular formula is C8H15NO2. The van der Waals surface area contributed by atoms with Crippen molar-refractivity contribution < 1.29 is 9.53 Å². The van der Waals surface area contributed by atoms with Crippen molar-refractivity contribution in [3.05, 3.63) is 12.3 Å². The maximum absolute atomic E-state index is 10.7. The highest BCUT2D eigenvalue weighted by Gasteiger charge is 1.93. The lowest BCUT2D eigenvalue weighted by Gasteiger charge is -1.98. The molecule has 0 aromatic carbocycles. The molecule has 0 heterocycles. The molecule has 0 radical (unpaired) electrons. The zero-order valence-corrected chi connectivity index (χ0v) is 7.09. The number of ether oxygens (including phenoxy) is 1. The van der Waals surface area contributed by atoms with Gasteiger partial charge in [-0.1, -0.05) is 13.3 Å². The van der Waals surface area contributed by atoms with Crippen molar-refractivity contribution in [2.45, 2.75) is 19.8 Å².